The van der Waals surface area contributed by atoms with Gasteiger partial charge < -0.3 is 10.2 Å². The van der Waals surface area contributed by atoms with Crippen LogP contribution in [0.4, 0.5) is 13.6 Å². The molecule has 0 atom stereocenters. The van der Waals surface area contributed by atoms with Crippen LogP contribution in [0, 0.1) is 24.5 Å². The molecule has 2 aromatic carbocycles. The summed E-state index contributed by atoms with van der Waals surface area (Å²) >= 11 is 1.71. The van der Waals surface area contributed by atoms with Gasteiger partial charge in [0.15, 0.2) is 16.8 Å². The van der Waals surface area contributed by atoms with Crippen LogP contribution in [0.2, 0.25) is 0 Å². The molecule has 198 valence electrons. The number of aromatic nitrogens is 2. The summed E-state index contributed by atoms with van der Waals surface area (Å²) in [5.41, 5.74) is 3.12. The number of likely N-dealkylation sites (tertiary alicyclic amines) is 1. The van der Waals surface area contributed by atoms with E-state index in [1.165, 1.54) is 12.1 Å². The Labute approximate surface area is 222 Å². The van der Waals surface area contributed by atoms with Crippen LogP contribution in [0.25, 0.3) is 5.69 Å². The second-order valence-electron chi connectivity index (χ2n) is 10.7. The zero-order valence-corrected chi connectivity index (χ0v) is 23.0. The minimum Gasteiger partial charge on any atom is -0.336 e. The lowest BCUT2D eigenvalue weighted by atomic mass is 9.81. The average Bonchev–Trinajstić information content (AvgIpc) is 3.29. The molecule has 1 N–H and O–H groups in total. The van der Waals surface area contributed by atoms with Crippen molar-refractivity contribution in [1.29, 1.82) is 0 Å². The number of nitrogens with one attached hydrogen (secondary N) is 1. The Morgan fingerprint density at radius 2 is 1.78 bits per heavy atom. The number of rotatable bonds is 7. The summed E-state index contributed by atoms with van der Waals surface area (Å²) in [7, 11) is 0. The van der Waals surface area contributed by atoms with Gasteiger partial charge in [-0.05, 0) is 69.4 Å². The fraction of sp³-hybridized carbons (Fsp3) is 0.448. The number of benzene rings is 2. The number of imidazole rings is 1. The zero-order chi connectivity index (χ0) is 26.7. The molecule has 1 aromatic heterocycles. The predicted octanol–water partition coefficient (Wildman–Crippen LogP) is 6.71. The third-order valence-corrected chi connectivity index (χ3v) is 8.25. The zero-order valence-electron chi connectivity index (χ0n) is 22.2. The van der Waals surface area contributed by atoms with E-state index < -0.39 is 17.0 Å². The molecule has 5 nitrogen and oxygen atoms in total. The lowest BCUT2D eigenvalue weighted by molar-refractivity contribution is 0.172. The number of carbonyl (C=O) groups excluding carboxylic acids is 1. The van der Waals surface area contributed by atoms with Crippen molar-refractivity contribution < 1.29 is 13.6 Å². The summed E-state index contributed by atoms with van der Waals surface area (Å²) in [6.45, 7) is 11.5. The first-order valence-corrected chi connectivity index (χ1v) is 13.8. The number of thioether (sulfide) groups is 1. The van der Waals surface area contributed by atoms with Gasteiger partial charge in [-0.25, -0.2) is 18.6 Å². The Hall–Kier alpha value is -2.87. The molecule has 3 aromatic rings. The molecule has 0 radical (unpaired) electrons. The minimum absolute atomic E-state index is 0.0140. The Balaban J connectivity index is 1.56. The molecule has 1 fully saturated rings. The van der Waals surface area contributed by atoms with E-state index in [9.17, 15) is 13.6 Å². The van der Waals surface area contributed by atoms with Crippen molar-refractivity contribution in [2.75, 3.05) is 18.8 Å². The molecule has 2 heterocycles. The van der Waals surface area contributed by atoms with Crippen LogP contribution in [-0.4, -0.2) is 45.4 Å². The summed E-state index contributed by atoms with van der Waals surface area (Å²) in [5, 5.41) is 3.85. The largest absolute Gasteiger partial charge is 0.336 e. The van der Waals surface area contributed by atoms with Gasteiger partial charge in [-0.15, -0.1) is 0 Å². The van der Waals surface area contributed by atoms with Gasteiger partial charge in [0.25, 0.3) is 0 Å². The van der Waals surface area contributed by atoms with E-state index >= 15 is 0 Å². The number of piperidine rings is 1. The molecule has 2 amide bonds. The highest BCUT2D eigenvalue weighted by atomic mass is 32.2. The van der Waals surface area contributed by atoms with Crippen molar-refractivity contribution in [3.63, 3.8) is 0 Å². The third kappa shape index (κ3) is 6.17. The van der Waals surface area contributed by atoms with Crippen molar-refractivity contribution >= 4 is 17.8 Å². The molecule has 0 bridgehead atoms. The Bertz CT molecular complexity index is 1230. The maximum absolute atomic E-state index is 14.1. The highest BCUT2D eigenvalue weighted by Crippen LogP contribution is 2.37. The second-order valence-corrected chi connectivity index (χ2v) is 11.7. The first-order chi connectivity index (χ1) is 17.6. The maximum Gasteiger partial charge on any atom is 0.317 e. The monoisotopic (exact) mass is 526 g/mol. The summed E-state index contributed by atoms with van der Waals surface area (Å²) in [6.07, 6.45) is 3.76. The molecule has 0 saturated carbocycles. The van der Waals surface area contributed by atoms with Crippen LogP contribution in [-0.2, 0) is 5.41 Å². The molecule has 4 rings (SSSR count). The number of hydrogen-bond acceptors (Lipinski definition) is 3. The lowest BCUT2D eigenvalue weighted by Crippen LogP contribution is -2.46. The molecule has 1 saturated heterocycles. The summed E-state index contributed by atoms with van der Waals surface area (Å²) in [4.78, 5) is 19.0. The van der Waals surface area contributed by atoms with E-state index in [0.717, 1.165) is 53.8 Å². The van der Waals surface area contributed by atoms with E-state index in [0.29, 0.717) is 11.5 Å². The van der Waals surface area contributed by atoms with Crippen molar-refractivity contribution in [1.82, 2.24) is 19.8 Å². The Morgan fingerprint density at radius 3 is 2.41 bits per heavy atom. The SMILES string of the molecule is Cc1ccc(-n2c(C(C)(C)c3ccc(F)c(F)c3)cnc2SCC2CCN(C(=O)NC(C)C)CC2)cc1. The smallest absolute Gasteiger partial charge is 0.317 e. The van der Waals surface area contributed by atoms with Gasteiger partial charge in [-0.3, -0.25) is 4.57 Å². The minimum atomic E-state index is -0.852. The molecular formula is C29H36F2N4OS. The molecule has 37 heavy (non-hydrogen) atoms. The highest BCUT2D eigenvalue weighted by Gasteiger charge is 2.31. The number of amides is 2. The van der Waals surface area contributed by atoms with E-state index in [1.807, 2.05) is 45.7 Å². The maximum atomic E-state index is 14.1. The van der Waals surface area contributed by atoms with Crippen LogP contribution in [0.15, 0.2) is 53.8 Å². The molecule has 1 aliphatic rings. The standard InChI is InChI=1S/C29H36F2N4OS/c1-19(2)33-27(36)34-14-12-21(13-15-34)18-37-28-32-17-26(35(28)23-9-6-20(3)7-10-23)29(4,5)22-8-11-24(30)25(31)16-22/h6-11,16-17,19,21H,12-15,18H2,1-5H3,(H,33,36). The fourth-order valence-electron chi connectivity index (χ4n) is 4.69. The normalized spacial score (nSPS) is 14.9. The predicted molar refractivity (Wildman–Crippen MR) is 145 cm³/mol. The van der Waals surface area contributed by atoms with E-state index in [4.69, 9.17) is 4.98 Å². The number of aryl methyl sites for hydroxylation is 1. The number of hydrogen-bond donors (Lipinski definition) is 1. The number of carbonyl (C=O) groups is 1. The summed E-state index contributed by atoms with van der Waals surface area (Å²) < 4.78 is 29.9. The number of urea groups is 1. The van der Waals surface area contributed by atoms with Gasteiger partial charge in [0, 0.05) is 36.0 Å². The lowest BCUT2D eigenvalue weighted by Gasteiger charge is -2.32. The van der Waals surface area contributed by atoms with Crippen LogP contribution in [0.1, 0.15) is 57.4 Å². The van der Waals surface area contributed by atoms with Crippen LogP contribution >= 0.6 is 11.8 Å². The fourth-order valence-corrected chi connectivity index (χ4v) is 5.87. The average molecular weight is 527 g/mol. The quantitative estimate of drug-likeness (QED) is 0.348. The van der Waals surface area contributed by atoms with Gasteiger partial charge in [0.05, 0.1) is 11.9 Å². The van der Waals surface area contributed by atoms with Crippen molar-refractivity contribution in [3.8, 4) is 5.69 Å². The second kappa shape index (κ2) is 11.3. The first kappa shape index (κ1) is 27.2. The number of halogens is 2. The van der Waals surface area contributed by atoms with Gasteiger partial charge in [-0.2, -0.15) is 0 Å². The molecular weight excluding hydrogens is 490 g/mol. The van der Waals surface area contributed by atoms with Crippen LogP contribution in [0.5, 0.6) is 0 Å². The first-order valence-electron chi connectivity index (χ1n) is 12.8. The van der Waals surface area contributed by atoms with E-state index in [2.05, 4.69) is 34.1 Å². The molecule has 0 aliphatic carbocycles. The van der Waals surface area contributed by atoms with Gasteiger partial charge in [0.2, 0.25) is 0 Å². The van der Waals surface area contributed by atoms with E-state index in [-0.39, 0.29) is 12.1 Å². The van der Waals surface area contributed by atoms with Crippen molar-refractivity contribution in [2.24, 2.45) is 5.92 Å². The van der Waals surface area contributed by atoms with Crippen molar-refractivity contribution in [3.05, 3.63) is 77.1 Å². The van der Waals surface area contributed by atoms with E-state index in [1.54, 1.807) is 17.8 Å². The van der Waals surface area contributed by atoms with Crippen LogP contribution < -0.4 is 5.32 Å². The van der Waals surface area contributed by atoms with Gasteiger partial charge in [0.1, 0.15) is 0 Å². The highest BCUT2D eigenvalue weighted by molar-refractivity contribution is 7.99. The Morgan fingerprint density at radius 1 is 1.11 bits per heavy atom. The van der Waals surface area contributed by atoms with Gasteiger partial charge >= 0.3 is 6.03 Å². The molecule has 0 unspecified atom stereocenters. The number of nitrogens with zero attached hydrogens (tertiary/aromatic N) is 3. The molecule has 8 heteroatoms. The van der Waals surface area contributed by atoms with Crippen LogP contribution in [0.3, 0.4) is 0 Å². The van der Waals surface area contributed by atoms with Gasteiger partial charge in [-0.1, -0.05) is 49.4 Å². The topological polar surface area (TPSA) is 50.2 Å². The summed E-state index contributed by atoms with van der Waals surface area (Å²) in [6, 6.07) is 12.5. The summed E-state index contributed by atoms with van der Waals surface area (Å²) in [5.74, 6) is -0.322. The van der Waals surface area contributed by atoms with Crippen molar-refractivity contribution in [2.45, 2.75) is 64.1 Å². The molecule has 1 aliphatic heterocycles. The third-order valence-electron chi connectivity index (χ3n) is 7.07. The molecule has 0 spiro atoms. The Kier molecular flexibility index (Phi) is 8.26.